The minimum absolute atomic E-state index is 0.0519. The Morgan fingerprint density at radius 1 is 1.42 bits per heavy atom. The summed E-state index contributed by atoms with van der Waals surface area (Å²) >= 11 is 3.33. The lowest BCUT2D eigenvalue weighted by Gasteiger charge is -2.17. The van der Waals surface area contributed by atoms with Crippen molar-refractivity contribution < 1.29 is 17.9 Å². The number of hydrogen-bond donors (Lipinski definition) is 2. The molecule has 0 aliphatic carbocycles. The summed E-state index contributed by atoms with van der Waals surface area (Å²) in [5, 5.41) is 0. The van der Waals surface area contributed by atoms with Gasteiger partial charge in [0.05, 0.1) is 11.6 Å². The van der Waals surface area contributed by atoms with Gasteiger partial charge in [-0.05, 0) is 46.5 Å². The van der Waals surface area contributed by atoms with Crippen molar-refractivity contribution in [3.05, 3.63) is 28.2 Å². The van der Waals surface area contributed by atoms with Gasteiger partial charge in [-0.15, -0.1) is 0 Å². The van der Waals surface area contributed by atoms with E-state index >= 15 is 0 Å². The van der Waals surface area contributed by atoms with Crippen LogP contribution in [0.4, 0.5) is 13.2 Å². The Bertz CT molecular complexity index is 412. The molecule has 0 amide bonds. The second kappa shape index (κ2) is 7.12. The van der Waals surface area contributed by atoms with Crippen LogP contribution in [-0.2, 0) is 6.42 Å². The average molecular weight is 341 g/mol. The molecule has 0 saturated heterocycles. The second-order valence-electron chi connectivity index (χ2n) is 4.19. The van der Waals surface area contributed by atoms with E-state index in [-0.39, 0.29) is 6.42 Å². The van der Waals surface area contributed by atoms with Crippen molar-refractivity contribution in [3.63, 3.8) is 0 Å². The molecule has 0 aliphatic rings. The zero-order valence-electron chi connectivity index (χ0n) is 10.4. The molecule has 3 N–H and O–H groups in total. The number of methoxy groups -OCH3 is 1. The first kappa shape index (κ1) is 16.3. The van der Waals surface area contributed by atoms with Crippen molar-refractivity contribution in [1.29, 1.82) is 0 Å². The van der Waals surface area contributed by atoms with Crippen molar-refractivity contribution in [2.45, 2.75) is 31.5 Å². The van der Waals surface area contributed by atoms with Crippen molar-refractivity contribution in [1.82, 2.24) is 5.43 Å². The van der Waals surface area contributed by atoms with E-state index in [0.29, 0.717) is 12.2 Å². The molecule has 0 fully saturated rings. The predicted molar refractivity (Wildman–Crippen MR) is 70.8 cm³/mol. The largest absolute Gasteiger partial charge is 0.496 e. The molecule has 0 bridgehead atoms. The monoisotopic (exact) mass is 340 g/mol. The van der Waals surface area contributed by atoms with E-state index in [1.54, 1.807) is 13.2 Å². The molecule has 0 radical (unpaired) electrons. The van der Waals surface area contributed by atoms with Gasteiger partial charge in [0.25, 0.3) is 0 Å². The number of nitrogens with two attached hydrogens (primary N) is 1. The maximum absolute atomic E-state index is 12.2. The summed E-state index contributed by atoms with van der Waals surface area (Å²) in [7, 11) is 1.55. The standard InChI is InChI=1S/C12H16BrF3N2O/c1-19-11-3-2-8(7-10(11)13)6-9(18-17)4-5-12(14,15)16/h2-3,7,9,18H,4-6,17H2,1H3. The fourth-order valence-electron chi connectivity index (χ4n) is 1.70. The van der Waals surface area contributed by atoms with E-state index in [2.05, 4.69) is 21.4 Å². The van der Waals surface area contributed by atoms with Crippen LogP contribution in [0.5, 0.6) is 5.75 Å². The number of benzene rings is 1. The third-order valence-electron chi connectivity index (χ3n) is 2.71. The number of hydrazine groups is 1. The van der Waals surface area contributed by atoms with Crippen LogP contribution in [0.3, 0.4) is 0 Å². The van der Waals surface area contributed by atoms with Crippen LogP contribution in [-0.4, -0.2) is 19.3 Å². The average Bonchev–Trinajstić information content (AvgIpc) is 2.33. The van der Waals surface area contributed by atoms with Gasteiger partial charge in [0.15, 0.2) is 0 Å². The highest BCUT2D eigenvalue weighted by molar-refractivity contribution is 9.10. The minimum atomic E-state index is -4.16. The Labute approximate surface area is 118 Å². The van der Waals surface area contributed by atoms with Crippen molar-refractivity contribution in [2.75, 3.05) is 7.11 Å². The highest BCUT2D eigenvalue weighted by Crippen LogP contribution is 2.27. The van der Waals surface area contributed by atoms with Crippen molar-refractivity contribution in [2.24, 2.45) is 5.84 Å². The highest BCUT2D eigenvalue weighted by Gasteiger charge is 2.28. The molecule has 1 aromatic rings. The lowest BCUT2D eigenvalue weighted by atomic mass is 10.0. The van der Waals surface area contributed by atoms with Gasteiger partial charge in [0.1, 0.15) is 5.75 Å². The molecular formula is C12H16BrF3N2O. The van der Waals surface area contributed by atoms with Gasteiger partial charge in [-0.25, -0.2) is 0 Å². The third-order valence-corrected chi connectivity index (χ3v) is 3.33. The number of rotatable bonds is 6. The Morgan fingerprint density at radius 2 is 2.11 bits per heavy atom. The summed E-state index contributed by atoms with van der Waals surface area (Å²) in [5.74, 6) is 5.97. The Hall–Kier alpha value is -0.790. The molecule has 1 unspecified atom stereocenters. The number of ether oxygens (including phenoxy) is 1. The van der Waals surface area contributed by atoms with Crippen molar-refractivity contribution >= 4 is 15.9 Å². The van der Waals surface area contributed by atoms with Crippen LogP contribution in [0.15, 0.2) is 22.7 Å². The van der Waals surface area contributed by atoms with Crippen LogP contribution in [0.1, 0.15) is 18.4 Å². The summed E-state index contributed by atoms with van der Waals surface area (Å²) < 4.78 is 42.3. The smallest absolute Gasteiger partial charge is 0.389 e. The second-order valence-corrected chi connectivity index (χ2v) is 5.04. The molecule has 19 heavy (non-hydrogen) atoms. The van der Waals surface area contributed by atoms with Gasteiger partial charge in [0, 0.05) is 12.5 Å². The minimum Gasteiger partial charge on any atom is -0.496 e. The van der Waals surface area contributed by atoms with Gasteiger partial charge < -0.3 is 4.74 Å². The Morgan fingerprint density at radius 3 is 2.58 bits per heavy atom. The SMILES string of the molecule is COc1ccc(CC(CCC(F)(F)F)NN)cc1Br. The first-order chi connectivity index (χ1) is 8.85. The van der Waals surface area contributed by atoms with Crippen LogP contribution >= 0.6 is 15.9 Å². The maximum Gasteiger partial charge on any atom is 0.389 e. The van der Waals surface area contributed by atoms with Crippen LogP contribution in [0.2, 0.25) is 0 Å². The lowest BCUT2D eigenvalue weighted by Crippen LogP contribution is -2.37. The van der Waals surface area contributed by atoms with E-state index in [9.17, 15) is 13.2 Å². The fourth-order valence-corrected chi connectivity index (χ4v) is 2.29. The first-order valence-electron chi connectivity index (χ1n) is 5.71. The summed E-state index contributed by atoms with van der Waals surface area (Å²) in [4.78, 5) is 0. The molecule has 1 aromatic carbocycles. The van der Waals surface area contributed by atoms with E-state index in [4.69, 9.17) is 10.6 Å². The van der Waals surface area contributed by atoms with Crippen LogP contribution in [0, 0.1) is 0 Å². The number of alkyl halides is 3. The molecule has 0 aliphatic heterocycles. The number of hydrogen-bond acceptors (Lipinski definition) is 3. The predicted octanol–water partition coefficient (Wildman–Crippen LogP) is 3.17. The molecule has 0 saturated carbocycles. The van der Waals surface area contributed by atoms with Gasteiger partial charge in [0.2, 0.25) is 0 Å². The number of nitrogens with one attached hydrogen (secondary N) is 1. The van der Waals surface area contributed by atoms with Crippen LogP contribution < -0.4 is 16.0 Å². The van der Waals surface area contributed by atoms with Crippen LogP contribution in [0.25, 0.3) is 0 Å². The van der Waals surface area contributed by atoms with Gasteiger partial charge in [-0.3, -0.25) is 11.3 Å². The molecule has 108 valence electrons. The van der Waals surface area contributed by atoms with E-state index in [1.165, 1.54) is 0 Å². The van der Waals surface area contributed by atoms with E-state index in [1.807, 2.05) is 12.1 Å². The molecule has 0 spiro atoms. The topological polar surface area (TPSA) is 47.3 Å². The molecule has 0 heterocycles. The summed E-state index contributed by atoms with van der Waals surface area (Å²) in [6.45, 7) is 0. The quantitative estimate of drug-likeness (QED) is 0.617. The normalized spacial score (nSPS) is 13.4. The molecule has 1 atom stereocenters. The maximum atomic E-state index is 12.2. The Balaban J connectivity index is 2.63. The zero-order chi connectivity index (χ0) is 14.5. The third kappa shape index (κ3) is 5.80. The van der Waals surface area contributed by atoms with Gasteiger partial charge in [-0.2, -0.15) is 13.2 Å². The number of halogens is 4. The molecule has 3 nitrogen and oxygen atoms in total. The first-order valence-corrected chi connectivity index (χ1v) is 6.50. The molecule has 1 rings (SSSR count). The van der Waals surface area contributed by atoms with Crippen molar-refractivity contribution in [3.8, 4) is 5.75 Å². The lowest BCUT2D eigenvalue weighted by molar-refractivity contribution is -0.136. The molecule has 0 aromatic heterocycles. The van der Waals surface area contributed by atoms with Gasteiger partial charge >= 0.3 is 6.18 Å². The highest BCUT2D eigenvalue weighted by atomic mass is 79.9. The summed E-state index contributed by atoms with van der Waals surface area (Å²) in [6, 6.07) is 4.97. The van der Waals surface area contributed by atoms with E-state index < -0.39 is 18.6 Å². The molecular weight excluding hydrogens is 325 g/mol. The zero-order valence-corrected chi connectivity index (χ0v) is 12.0. The fraction of sp³-hybridized carbons (Fsp3) is 0.500. The summed E-state index contributed by atoms with van der Waals surface area (Å²) in [5.41, 5.74) is 3.31. The summed E-state index contributed by atoms with van der Waals surface area (Å²) in [6.07, 6.45) is -4.63. The Kier molecular flexibility index (Phi) is 6.09. The van der Waals surface area contributed by atoms with E-state index in [0.717, 1.165) is 10.0 Å². The van der Waals surface area contributed by atoms with Gasteiger partial charge in [-0.1, -0.05) is 6.07 Å². The molecule has 7 heteroatoms.